The highest BCUT2D eigenvalue weighted by atomic mass is 16.6. The molecule has 0 rings (SSSR count). The number of nitrogens with zero attached hydrogens (tertiary/aromatic N) is 2. The Hall–Kier alpha value is -1.72. The van der Waals surface area contributed by atoms with Crippen LogP contribution in [0.2, 0.25) is 0 Å². The number of amides is 1. The molecule has 0 aromatic rings. The van der Waals surface area contributed by atoms with E-state index in [0.717, 1.165) is 0 Å². The smallest absolute Gasteiger partial charge is 0.408 e. The van der Waals surface area contributed by atoms with E-state index in [1.165, 1.54) is 0 Å². The van der Waals surface area contributed by atoms with Gasteiger partial charge < -0.3 is 20.7 Å². The summed E-state index contributed by atoms with van der Waals surface area (Å²) in [6.45, 7) is 8.24. The number of carbonyl (C=O) groups is 2. The van der Waals surface area contributed by atoms with Crippen LogP contribution < -0.4 is 5.32 Å². The van der Waals surface area contributed by atoms with Crippen molar-refractivity contribution in [3.05, 3.63) is 5.53 Å². The minimum Gasteiger partial charge on any atom is -0.444 e. The van der Waals surface area contributed by atoms with Gasteiger partial charge in [0.05, 0.1) is 6.61 Å². The van der Waals surface area contributed by atoms with Crippen molar-refractivity contribution in [3.63, 3.8) is 0 Å². The van der Waals surface area contributed by atoms with E-state index in [-0.39, 0.29) is 6.61 Å². The van der Waals surface area contributed by atoms with E-state index >= 15 is 0 Å². The molecule has 108 valence electrons. The predicted molar refractivity (Wildman–Crippen MR) is 68.7 cm³/mol. The molecule has 0 heterocycles. The van der Waals surface area contributed by atoms with Crippen molar-refractivity contribution in [2.24, 2.45) is 5.41 Å². The molecular weight excluding hydrogens is 250 g/mol. The zero-order valence-corrected chi connectivity index (χ0v) is 11.9. The molecule has 7 heteroatoms. The molecule has 0 radical (unpaired) electrons. The third-order valence-corrected chi connectivity index (χ3v) is 2.28. The van der Waals surface area contributed by atoms with E-state index in [9.17, 15) is 9.59 Å². The average Bonchev–Trinajstić information content (AvgIpc) is 2.23. The molecule has 0 aliphatic carbocycles. The van der Waals surface area contributed by atoms with Crippen molar-refractivity contribution < 1.29 is 24.2 Å². The lowest BCUT2D eigenvalue weighted by Gasteiger charge is -2.31. The van der Waals surface area contributed by atoms with Crippen LogP contribution in [-0.4, -0.2) is 47.7 Å². The topological polar surface area (TPSA) is 112 Å². The molecule has 0 bridgehead atoms. The van der Waals surface area contributed by atoms with Crippen LogP contribution in [0.3, 0.4) is 0 Å². The molecule has 0 aromatic heterocycles. The number of hydrogen-bond acceptors (Lipinski definition) is 4. The van der Waals surface area contributed by atoms with Crippen LogP contribution in [0.5, 0.6) is 0 Å². The number of rotatable bonds is 6. The highest BCUT2D eigenvalue weighted by molar-refractivity contribution is 6.28. The first-order valence-electron chi connectivity index (χ1n) is 6.23. The highest BCUT2D eigenvalue weighted by Gasteiger charge is 2.37. The van der Waals surface area contributed by atoms with Gasteiger partial charge in [0.1, 0.15) is 11.6 Å². The largest absolute Gasteiger partial charge is 0.444 e. The highest BCUT2D eigenvalue weighted by Crippen LogP contribution is 2.20. The molecule has 1 amide bonds. The van der Waals surface area contributed by atoms with Crippen molar-refractivity contribution in [1.29, 1.82) is 1.43 Å². The Morgan fingerprint density at radius 3 is 2.47 bits per heavy atom. The summed E-state index contributed by atoms with van der Waals surface area (Å²) in [5.41, 5.74) is 6.85. The molecule has 0 aliphatic heterocycles. The fourth-order valence-corrected chi connectivity index (χ4v) is 1.29. The Morgan fingerprint density at radius 2 is 2.05 bits per heavy atom. The standard InChI is InChI=1S/C12H21N3O4/c1-11(2,3)19-10(18)15-9(8(17)6-14-13)12(4,5)7-16/h6,9,16H,7H2,1-5H3,(H,15,18)/i16T. The number of ketones is 1. The van der Waals surface area contributed by atoms with E-state index in [1.54, 1.807) is 34.6 Å². The summed E-state index contributed by atoms with van der Waals surface area (Å²) in [5, 5.41) is 6.70. The monoisotopic (exact) mass is 273 g/mol. The second kappa shape index (κ2) is 6.45. The van der Waals surface area contributed by atoms with Gasteiger partial charge in [0.15, 0.2) is 0 Å². The van der Waals surface area contributed by atoms with Crippen LogP contribution in [0.25, 0.3) is 5.53 Å². The second-order valence-electron chi connectivity index (χ2n) is 5.86. The Bertz CT molecular complexity index is 411. The molecule has 0 saturated heterocycles. The molecule has 0 saturated carbocycles. The molecule has 19 heavy (non-hydrogen) atoms. The van der Waals surface area contributed by atoms with Crippen LogP contribution in [0, 0.1) is 5.41 Å². The van der Waals surface area contributed by atoms with Gasteiger partial charge >= 0.3 is 12.3 Å². The Kier molecular flexibility index (Phi) is 5.20. The number of alkyl carbamates (subject to hydrolysis) is 1. The third-order valence-electron chi connectivity index (χ3n) is 2.28. The summed E-state index contributed by atoms with van der Waals surface area (Å²) in [6.07, 6.45) is -0.0893. The summed E-state index contributed by atoms with van der Waals surface area (Å²) < 4.78 is 11.9. The molecule has 0 spiro atoms. The van der Waals surface area contributed by atoms with E-state index in [2.05, 4.69) is 15.2 Å². The van der Waals surface area contributed by atoms with Crippen molar-refractivity contribution in [3.8, 4) is 0 Å². The number of aliphatic hydroxyl groups excluding tert-OH is 1. The van der Waals surface area contributed by atoms with Gasteiger partial charge in [0.25, 0.3) is 5.78 Å². The fourth-order valence-electron chi connectivity index (χ4n) is 1.29. The van der Waals surface area contributed by atoms with E-state index in [0.29, 0.717) is 6.21 Å². The van der Waals surface area contributed by atoms with Gasteiger partial charge in [-0.15, -0.1) is 0 Å². The molecule has 0 aliphatic rings. The lowest BCUT2D eigenvalue weighted by Crippen LogP contribution is -2.53. The van der Waals surface area contributed by atoms with E-state index in [1.807, 2.05) is 0 Å². The molecular formula is C12H21N3O4. The maximum atomic E-state index is 11.9. The SMILES string of the molecule is [3H]OCC(C)(C)C(NC(=O)OC(C)(C)C)C(=O)C=[N+]=[N-]. The quantitative estimate of drug-likeness (QED) is 0.423. The summed E-state index contributed by atoms with van der Waals surface area (Å²) in [7, 11) is 0. The Balaban J connectivity index is 5.10. The van der Waals surface area contributed by atoms with Crippen LogP contribution in [0.4, 0.5) is 4.79 Å². The zero-order valence-electron chi connectivity index (χ0n) is 12.9. The fraction of sp³-hybridized carbons (Fsp3) is 0.750. The lowest BCUT2D eigenvalue weighted by atomic mass is 9.83. The first-order chi connectivity index (χ1) is 9.03. The molecule has 2 N–H and O–H groups in total. The van der Waals surface area contributed by atoms with Crippen molar-refractivity contribution in [1.82, 2.24) is 5.32 Å². The second-order valence-corrected chi connectivity index (χ2v) is 5.86. The maximum Gasteiger partial charge on any atom is 0.408 e. The zero-order chi connectivity index (χ0) is 16.0. The van der Waals surface area contributed by atoms with E-state index < -0.39 is 28.9 Å². The Labute approximate surface area is 114 Å². The van der Waals surface area contributed by atoms with Gasteiger partial charge in [0, 0.05) is 5.41 Å². The number of ether oxygens (including phenoxy) is 1. The maximum absolute atomic E-state index is 11.9. The molecule has 7 nitrogen and oxygen atoms in total. The first kappa shape index (κ1) is 15.3. The van der Waals surface area contributed by atoms with Crippen LogP contribution in [0.1, 0.15) is 34.6 Å². The molecule has 1 unspecified atom stereocenters. The number of aliphatic hydroxyl groups is 1. The normalized spacial score (nSPS) is 13.8. The Morgan fingerprint density at radius 1 is 1.47 bits per heavy atom. The summed E-state index contributed by atoms with van der Waals surface area (Å²) >= 11 is 0. The number of carbonyl (C=O) groups excluding carboxylic acids is 2. The van der Waals surface area contributed by atoms with Gasteiger partial charge in [-0.25, -0.2) is 4.79 Å². The number of nitrogens with one attached hydrogen (secondary N) is 1. The van der Waals surface area contributed by atoms with Crippen molar-refractivity contribution in [2.75, 3.05) is 6.61 Å². The summed E-state index contributed by atoms with van der Waals surface area (Å²) in [5.74, 6) is -0.625. The van der Waals surface area contributed by atoms with Gasteiger partial charge in [-0.05, 0) is 20.8 Å². The average molecular weight is 273 g/mol. The van der Waals surface area contributed by atoms with Crippen LogP contribution in [-0.2, 0) is 9.53 Å². The number of Topliss-reactive ketones (excluding diaryl/α,β-unsaturated/α-hetero) is 1. The molecule has 1 atom stereocenters. The minimum atomic E-state index is -1.04. The van der Waals surface area contributed by atoms with Gasteiger partial charge in [-0.2, -0.15) is 4.79 Å². The summed E-state index contributed by atoms with van der Waals surface area (Å²) in [6, 6.07) is -1.04. The van der Waals surface area contributed by atoms with E-state index in [4.69, 9.17) is 11.7 Å². The number of hydrogen-bond donors (Lipinski definition) is 2. The van der Waals surface area contributed by atoms with Crippen molar-refractivity contribution >= 4 is 18.1 Å². The van der Waals surface area contributed by atoms with Crippen LogP contribution >= 0.6 is 0 Å². The molecule has 0 fully saturated rings. The van der Waals surface area contributed by atoms with Gasteiger partial charge in [-0.3, -0.25) is 4.79 Å². The lowest BCUT2D eigenvalue weighted by molar-refractivity contribution is -0.121. The third kappa shape index (κ3) is 6.13. The first-order valence-corrected chi connectivity index (χ1v) is 5.82. The summed E-state index contributed by atoms with van der Waals surface area (Å²) in [4.78, 5) is 26.3. The minimum absolute atomic E-state index is 0.0987. The van der Waals surface area contributed by atoms with Gasteiger partial charge in [0.2, 0.25) is 1.43 Å². The van der Waals surface area contributed by atoms with Gasteiger partial charge in [-0.1, -0.05) is 13.8 Å². The van der Waals surface area contributed by atoms with Crippen LogP contribution in [0.15, 0.2) is 0 Å². The predicted octanol–water partition coefficient (Wildman–Crippen LogP) is 0.768. The van der Waals surface area contributed by atoms with Crippen molar-refractivity contribution in [2.45, 2.75) is 46.3 Å². The molecule has 0 aromatic carbocycles.